The van der Waals surface area contributed by atoms with Crippen molar-refractivity contribution in [1.82, 2.24) is 9.97 Å². The maximum absolute atomic E-state index is 12.6. The molecule has 0 atom stereocenters. The first kappa shape index (κ1) is 11.8. The molecule has 2 nitrogen and oxygen atoms in total. The van der Waals surface area contributed by atoms with E-state index in [0.717, 1.165) is 23.0 Å². The molecule has 1 N–H and O–H groups in total. The smallest absolute Gasteiger partial charge is 0.359 e. The highest BCUT2D eigenvalue weighted by molar-refractivity contribution is 5.93. The standard InChI is InChI=1S/C14H9F3N2/c15-14(16,17)10-7-12(19-8-10)13-11-4-2-1-3-9(11)5-6-18-13/h1-8,19H. The first-order valence-corrected chi connectivity index (χ1v) is 5.65. The van der Waals surface area contributed by atoms with Gasteiger partial charge in [0.25, 0.3) is 0 Å². The number of H-pyrrole nitrogens is 1. The molecule has 3 rings (SSSR count). The predicted molar refractivity (Wildman–Crippen MR) is 66.5 cm³/mol. The molecule has 0 unspecified atom stereocenters. The molecule has 1 aromatic carbocycles. The number of hydrogen-bond donors (Lipinski definition) is 1. The molecule has 19 heavy (non-hydrogen) atoms. The molecule has 0 saturated heterocycles. The van der Waals surface area contributed by atoms with Gasteiger partial charge in [-0.1, -0.05) is 24.3 Å². The van der Waals surface area contributed by atoms with E-state index in [9.17, 15) is 13.2 Å². The van der Waals surface area contributed by atoms with Gasteiger partial charge in [0, 0.05) is 17.8 Å². The van der Waals surface area contributed by atoms with E-state index in [1.165, 1.54) is 0 Å². The zero-order chi connectivity index (χ0) is 13.5. The fourth-order valence-electron chi connectivity index (χ4n) is 2.03. The van der Waals surface area contributed by atoms with Crippen molar-refractivity contribution in [3.05, 3.63) is 54.4 Å². The Hall–Kier alpha value is -2.30. The van der Waals surface area contributed by atoms with Crippen molar-refractivity contribution in [2.75, 3.05) is 0 Å². The highest BCUT2D eigenvalue weighted by Gasteiger charge is 2.31. The summed E-state index contributed by atoms with van der Waals surface area (Å²) in [5, 5.41) is 1.76. The Labute approximate surface area is 106 Å². The molecule has 3 aromatic rings. The molecule has 2 aromatic heterocycles. The number of rotatable bonds is 1. The molecule has 0 bridgehead atoms. The number of hydrogen-bond acceptors (Lipinski definition) is 1. The van der Waals surface area contributed by atoms with Gasteiger partial charge in [0.1, 0.15) is 0 Å². The van der Waals surface area contributed by atoms with Gasteiger partial charge in [0.2, 0.25) is 0 Å². The molecule has 96 valence electrons. The summed E-state index contributed by atoms with van der Waals surface area (Å²) in [5.74, 6) is 0. The summed E-state index contributed by atoms with van der Waals surface area (Å²) in [6.07, 6.45) is -1.80. The van der Waals surface area contributed by atoms with E-state index in [-0.39, 0.29) is 0 Å². The molecule has 0 aliphatic carbocycles. The number of nitrogens with one attached hydrogen (secondary N) is 1. The zero-order valence-corrected chi connectivity index (χ0v) is 9.70. The zero-order valence-electron chi connectivity index (χ0n) is 9.70. The van der Waals surface area contributed by atoms with Gasteiger partial charge < -0.3 is 4.98 Å². The lowest BCUT2D eigenvalue weighted by Gasteiger charge is -2.03. The lowest BCUT2D eigenvalue weighted by molar-refractivity contribution is -0.137. The molecular weight excluding hydrogens is 253 g/mol. The quantitative estimate of drug-likeness (QED) is 0.697. The van der Waals surface area contributed by atoms with Gasteiger partial charge in [0.15, 0.2) is 0 Å². The van der Waals surface area contributed by atoms with Crippen LogP contribution in [0.4, 0.5) is 13.2 Å². The molecule has 2 heterocycles. The second-order valence-corrected chi connectivity index (χ2v) is 4.18. The summed E-state index contributed by atoms with van der Waals surface area (Å²) in [7, 11) is 0. The molecule has 0 fully saturated rings. The van der Waals surface area contributed by atoms with Crippen molar-refractivity contribution in [3.63, 3.8) is 0 Å². The minimum absolute atomic E-state index is 0.365. The van der Waals surface area contributed by atoms with Crippen LogP contribution in [0.15, 0.2) is 48.8 Å². The number of aromatic nitrogens is 2. The molecule has 0 spiro atoms. The van der Waals surface area contributed by atoms with E-state index in [1.807, 2.05) is 30.3 Å². The van der Waals surface area contributed by atoms with Crippen LogP contribution in [-0.2, 0) is 6.18 Å². The van der Waals surface area contributed by atoms with Gasteiger partial charge in [0.05, 0.1) is 17.0 Å². The normalized spacial score (nSPS) is 11.9. The average molecular weight is 262 g/mol. The lowest BCUT2D eigenvalue weighted by Crippen LogP contribution is -2.02. The van der Waals surface area contributed by atoms with E-state index in [4.69, 9.17) is 0 Å². The van der Waals surface area contributed by atoms with Crippen LogP contribution >= 0.6 is 0 Å². The summed E-state index contributed by atoms with van der Waals surface area (Å²) in [4.78, 5) is 6.81. The van der Waals surface area contributed by atoms with Crippen molar-refractivity contribution in [2.45, 2.75) is 6.18 Å². The third-order valence-electron chi connectivity index (χ3n) is 2.94. The highest BCUT2D eigenvalue weighted by atomic mass is 19.4. The third kappa shape index (κ3) is 2.07. The van der Waals surface area contributed by atoms with Crippen LogP contribution in [0.5, 0.6) is 0 Å². The van der Waals surface area contributed by atoms with Crippen LogP contribution in [0.1, 0.15) is 5.56 Å². The number of halogens is 3. The molecular formula is C14H9F3N2. The van der Waals surface area contributed by atoms with Gasteiger partial charge in [-0.05, 0) is 17.5 Å². The van der Waals surface area contributed by atoms with Gasteiger partial charge in [-0.15, -0.1) is 0 Å². The van der Waals surface area contributed by atoms with Gasteiger partial charge >= 0.3 is 6.18 Å². The van der Waals surface area contributed by atoms with Crippen LogP contribution < -0.4 is 0 Å². The van der Waals surface area contributed by atoms with Crippen molar-refractivity contribution in [3.8, 4) is 11.4 Å². The molecule has 0 saturated carbocycles. The number of aromatic amines is 1. The largest absolute Gasteiger partial charge is 0.417 e. The maximum Gasteiger partial charge on any atom is 0.417 e. The van der Waals surface area contributed by atoms with E-state index in [0.29, 0.717) is 11.4 Å². The molecule has 0 aliphatic rings. The van der Waals surface area contributed by atoms with Crippen LogP contribution in [-0.4, -0.2) is 9.97 Å². The van der Waals surface area contributed by atoms with Gasteiger partial charge in [-0.25, -0.2) is 0 Å². The molecule has 0 amide bonds. The van der Waals surface area contributed by atoms with E-state index in [2.05, 4.69) is 9.97 Å². The number of pyridine rings is 1. The first-order chi connectivity index (χ1) is 9.05. The van der Waals surface area contributed by atoms with Crippen molar-refractivity contribution in [2.24, 2.45) is 0 Å². The van der Waals surface area contributed by atoms with E-state index in [1.54, 1.807) is 6.20 Å². The van der Waals surface area contributed by atoms with Crippen LogP contribution in [0.2, 0.25) is 0 Å². The van der Waals surface area contributed by atoms with Gasteiger partial charge in [-0.3, -0.25) is 4.98 Å². The lowest BCUT2D eigenvalue weighted by atomic mass is 10.1. The minimum atomic E-state index is -4.35. The van der Waals surface area contributed by atoms with Crippen LogP contribution in [0.25, 0.3) is 22.2 Å². The van der Waals surface area contributed by atoms with Crippen molar-refractivity contribution >= 4 is 10.8 Å². The predicted octanol–water partition coefficient (Wildman–Crippen LogP) is 4.25. The second-order valence-electron chi connectivity index (χ2n) is 4.18. The average Bonchev–Trinajstić information content (AvgIpc) is 2.87. The number of nitrogens with zero attached hydrogens (tertiary/aromatic N) is 1. The Bertz CT molecular complexity index is 723. The molecule has 0 aliphatic heterocycles. The SMILES string of the molecule is FC(F)(F)c1c[nH]c(-c2nccc3ccccc23)c1. The number of fused-ring (bicyclic) bond motifs is 1. The Kier molecular flexibility index (Phi) is 2.55. The summed E-state index contributed by atoms with van der Waals surface area (Å²) < 4.78 is 37.8. The fourth-order valence-corrected chi connectivity index (χ4v) is 2.03. The Balaban J connectivity index is 2.17. The Morgan fingerprint density at radius 1 is 1.05 bits per heavy atom. The minimum Gasteiger partial charge on any atom is -0.359 e. The maximum atomic E-state index is 12.6. The first-order valence-electron chi connectivity index (χ1n) is 5.65. The number of alkyl halides is 3. The van der Waals surface area contributed by atoms with Crippen molar-refractivity contribution < 1.29 is 13.2 Å². The van der Waals surface area contributed by atoms with E-state index < -0.39 is 11.7 Å². The summed E-state index contributed by atoms with van der Waals surface area (Å²) >= 11 is 0. The van der Waals surface area contributed by atoms with Crippen LogP contribution in [0, 0.1) is 0 Å². The van der Waals surface area contributed by atoms with Gasteiger partial charge in [-0.2, -0.15) is 13.2 Å². The highest BCUT2D eigenvalue weighted by Crippen LogP contribution is 2.33. The monoisotopic (exact) mass is 262 g/mol. The summed E-state index contributed by atoms with van der Waals surface area (Å²) in [6, 6.07) is 10.4. The summed E-state index contributed by atoms with van der Waals surface area (Å²) in [5.41, 5.74) is 0.190. The topological polar surface area (TPSA) is 28.7 Å². The van der Waals surface area contributed by atoms with Crippen LogP contribution in [0.3, 0.4) is 0 Å². The Morgan fingerprint density at radius 3 is 2.58 bits per heavy atom. The molecule has 0 radical (unpaired) electrons. The van der Waals surface area contributed by atoms with E-state index >= 15 is 0 Å². The second kappa shape index (κ2) is 4.12. The van der Waals surface area contributed by atoms with Crippen molar-refractivity contribution in [1.29, 1.82) is 0 Å². The number of benzene rings is 1. The summed E-state index contributed by atoms with van der Waals surface area (Å²) in [6.45, 7) is 0. The fraction of sp³-hybridized carbons (Fsp3) is 0.0714. The third-order valence-corrected chi connectivity index (χ3v) is 2.94. The molecule has 5 heteroatoms. The Morgan fingerprint density at radius 2 is 1.84 bits per heavy atom.